The second-order valence-electron chi connectivity index (χ2n) is 5.54. The van der Waals surface area contributed by atoms with Crippen LogP contribution in [0.4, 0.5) is 0 Å². The molecule has 0 spiro atoms. The Hall–Kier alpha value is -0.240. The maximum absolute atomic E-state index is 12.0. The molecule has 3 heteroatoms. The number of halogens is 1. The highest BCUT2D eigenvalue weighted by Gasteiger charge is 2.42. The van der Waals surface area contributed by atoms with Crippen LogP contribution in [-0.4, -0.2) is 18.3 Å². The quantitative estimate of drug-likeness (QED) is 0.597. The molecule has 92 valence electrons. The Labute approximate surface area is 103 Å². The molecule has 0 heterocycles. The molecule has 16 heavy (non-hydrogen) atoms. The number of rotatable bonds is 4. The highest BCUT2D eigenvalue weighted by atomic mass is 35.5. The Kier molecular flexibility index (Phi) is 4.12. The van der Waals surface area contributed by atoms with E-state index in [1.54, 1.807) is 0 Å². The zero-order valence-corrected chi connectivity index (χ0v) is 10.7. The summed E-state index contributed by atoms with van der Waals surface area (Å²) in [6, 6.07) is 0. The van der Waals surface area contributed by atoms with Crippen molar-refractivity contribution in [1.29, 1.82) is 0 Å². The summed E-state index contributed by atoms with van der Waals surface area (Å²) < 4.78 is 0. The predicted molar refractivity (Wildman–Crippen MR) is 66.6 cm³/mol. The molecule has 2 aliphatic carbocycles. The molecule has 0 aromatic carbocycles. The number of carbonyl (C=O) groups is 1. The van der Waals surface area contributed by atoms with Crippen molar-refractivity contribution in [2.75, 3.05) is 12.4 Å². The van der Waals surface area contributed by atoms with Gasteiger partial charge in [0.25, 0.3) is 0 Å². The fourth-order valence-electron chi connectivity index (χ4n) is 2.49. The van der Waals surface area contributed by atoms with Gasteiger partial charge in [0.15, 0.2) is 0 Å². The van der Waals surface area contributed by atoms with Gasteiger partial charge in [-0.15, -0.1) is 11.6 Å². The number of hydrogen-bond acceptors (Lipinski definition) is 1. The van der Waals surface area contributed by atoms with E-state index >= 15 is 0 Å². The first kappa shape index (κ1) is 12.2. The SMILES string of the molecule is O=C(NCC1(CCl)CC1)C1CCCCCC1. The summed E-state index contributed by atoms with van der Waals surface area (Å²) >= 11 is 5.90. The van der Waals surface area contributed by atoms with Gasteiger partial charge in [0.05, 0.1) is 0 Å². The minimum atomic E-state index is 0.252. The number of hydrogen-bond donors (Lipinski definition) is 1. The Bertz CT molecular complexity index is 242. The van der Waals surface area contributed by atoms with Gasteiger partial charge in [-0.05, 0) is 25.7 Å². The summed E-state index contributed by atoms with van der Waals surface area (Å²) in [6.07, 6.45) is 9.57. The lowest BCUT2D eigenvalue weighted by Crippen LogP contribution is -2.35. The number of amides is 1. The van der Waals surface area contributed by atoms with Crippen molar-refractivity contribution in [3.8, 4) is 0 Å². The van der Waals surface area contributed by atoms with Crippen LogP contribution in [0.5, 0.6) is 0 Å². The summed E-state index contributed by atoms with van der Waals surface area (Å²) in [5, 5.41) is 3.11. The van der Waals surface area contributed by atoms with Crippen LogP contribution in [0, 0.1) is 11.3 Å². The van der Waals surface area contributed by atoms with Crippen molar-refractivity contribution >= 4 is 17.5 Å². The zero-order valence-electron chi connectivity index (χ0n) is 9.93. The van der Waals surface area contributed by atoms with Crippen LogP contribution >= 0.6 is 11.6 Å². The van der Waals surface area contributed by atoms with Crippen LogP contribution in [0.2, 0.25) is 0 Å². The van der Waals surface area contributed by atoms with Crippen LogP contribution in [0.15, 0.2) is 0 Å². The van der Waals surface area contributed by atoms with Crippen molar-refractivity contribution in [1.82, 2.24) is 5.32 Å². The largest absolute Gasteiger partial charge is 0.355 e. The average Bonchev–Trinajstić information content (AvgIpc) is 3.11. The third-order valence-corrected chi connectivity index (χ3v) is 4.67. The molecule has 0 aliphatic heterocycles. The first-order valence-electron chi connectivity index (χ1n) is 6.59. The number of alkyl halides is 1. The minimum Gasteiger partial charge on any atom is -0.355 e. The molecule has 0 unspecified atom stereocenters. The van der Waals surface area contributed by atoms with Crippen LogP contribution in [0.25, 0.3) is 0 Å². The van der Waals surface area contributed by atoms with Crippen molar-refractivity contribution in [2.24, 2.45) is 11.3 Å². The molecule has 0 radical (unpaired) electrons. The van der Waals surface area contributed by atoms with E-state index in [4.69, 9.17) is 11.6 Å². The molecule has 0 atom stereocenters. The molecular weight excluding hydrogens is 222 g/mol. The highest BCUT2D eigenvalue weighted by Crippen LogP contribution is 2.45. The fourth-order valence-corrected chi connectivity index (χ4v) is 2.86. The predicted octanol–water partition coefficient (Wildman–Crippen LogP) is 3.09. The van der Waals surface area contributed by atoms with E-state index in [0.717, 1.165) is 19.4 Å². The van der Waals surface area contributed by atoms with Crippen LogP contribution in [0.1, 0.15) is 51.4 Å². The third-order valence-electron chi connectivity index (χ3n) is 4.10. The van der Waals surface area contributed by atoms with E-state index in [-0.39, 0.29) is 17.2 Å². The lowest BCUT2D eigenvalue weighted by atomic mass is 9.99. The van der Waals surface area contributed by atoms with E-state index in [1.165, 1.54) is 38.5 Å². The van der Waals surface area contributed by atoms with Gasteiger partial charge in [-0.1, -0.05) is 25.7 Å². The van der Waals surface area contributed by atoms with Gasteiger partial charge in [0.1, 0.15) is 0 Å². The second-order valence-corrected chi connectivity index (χ2v) is 5.81. The van der Waals surface area contributed by atoms with Gasteiger partial charge in [0.2, 0.25) is 5.91 Å². The molecule has 1 amide bonds. The van der Waals surface area contributed by atoms with E-state index in [0.29, 0.717) is 5.88 Å². The van der Waals surface area contributed by atoms with Crippen LogP contribution < -0.4 is 5.32 Å². The lowest BCUT2D eigenvalue weighted by molar-refractivity contribution is -0.125. The van der Waals surface area contributed by atoms with Gasteiger partial charge >= 0.3 is 0 Å². The molecule has 2 nitrogen and oxygen atoms in total. The minimum absolute atomic E-state index is 0.252. The first-order chi connectivity index (χ1) is 7.76. The summed E-state index contributed by atoms with van der Waals surface area (Å²) in [7, 11) is 0. The molecule has 2 rings (SSSR count). The molecule has 2 saturated carbocycles. The van der Waals surface area contributed by atoms with Crippen molar-refractivity contribution in [3.05, 3.63) is 0 Å². The second kappa shape index (κ2) is 5.39. The maximum Gasteiger partial charge on any atom is 0.223 e. The van der Waals surface area contributed by atoms with Crippen molar-refractivity contribution in [3.63, 3.8) is 0 Å². The maximum atomic E-state index is 12.0. The van der Waals surface area contributed by atoms with Crippen LogP contribution in [0.3, 0.4) is 0 Å². The highest BCUT2D eigenvalue weighted by molar-refractivity contribution is 6.18. The topological polar surface area (TPSA) is 29.1 Å². The number of nitrogens with one attached hydrogen (secondary N) is 1. The number of carbonyl (C=O) groups excluding carboxylic acids is 1. The van der Waals surface area contributed by atoms with Crippen molar-refractivity contribution in [2.45, 2.75) is 51.4 Å². The summed E-state index contributed by atoms with van der Waals surface area (Å²) in [5.41, 5.74) is 0.252. The third kappa shape index (κ3) is 3.13. The normalized spacial score (nSPS) is 24.8. The molecule has 0 aromatic rings. The van der Waals surface area contributed by atoms with Gasteiger partial charge < -0.3 is 5.32 Å². The summed E-state index contributed by atoms with van der Waals surface area (Å²) in [6.45, 7) is 0.797. The molecule has 1 N–H and O–H groups in total. The first-order valence-corrected chi connectivity index (χ1v) is 7.13. The summed E-state index contributed by atoms with van der Waals surface area (Å²) in [5.74, 6) is 1.24. The molecule has 0 saturated heterocycles. The standard InChI is InChI=1S/C13H22ClNO/c14-9-13(7-8-13)10-15-12(16)11-5-3-1-2-4-6-11/h11H,1-10H2,(H,15,16). The smallest absolute Gasteiger partial charge is 0.223 e. The Morgan fingerprint density at radius 3 is 2.31 bits per heavy atom. The zero-order chi connectivity index (χ0) is 11.4. The summed E-state index contributed by atoms with van der Waals surface area (Å²) in [4.78, 5) is 12.0. The van der Waals surface area contributed by atoms with E-state index in [1.807, 2.05) is 0 Å². The molecule has 0 bridgehead atoms. The van der Waals surface area contributed by atoms with Crippen molar-refractivity contribution < 1.29 is 4.79 Å². The van der Waals surface area contributed by atoms with Gasteiger partial charge in [0, 0.05) is 23.8 Å². The van der Waals surface area contributed by atoms with Crippen LogP contribution in [-0.2, 0) is 4.79 Å². The van der Waals surface area contributed by atoms with E-state index in [9.17, 15) is 4.79 Å². The molecule has 2 fully saturated rings. The molecule has 2 aliphatic rings. The van der Waals surface area contributed by atoms with E-state index < -0.39 is 0 Å². The van der Waals surface area contributed by atoms with Gasteiger partial charge in [-0.2, -0.15) is 0 Å². The van der Waals surface area contributed by atoms with Gasteiger partial charge in [-0.25, -0.2) is 0 Å². The monoisotopic (exact) mass is 243 g/mol. The Morgan fingerprint density at radius 2 is 1.81 bits per heavy atom. The molecule has 0 aromatic heterocycles. The van der Waals surface area contributed by atoms with Gasteiger partial charge in [-0.3, -0.25) is 4.79 Å². The Morgan fingerprint density at radius 1 is 1.19 bits per heavy atom. The Balaban J connectivity index is 1.74. The molecular formula is C13H22ClNO. The lowest BCUT2D eigenvalue weighted by Gasteiger charge is -2.17. The fraction of sp³-hybridized carbons (Fsp3) is 0.923. The van der Waals surface area contributed by atoms with E-state index in [2.05, 4.69) is 5.32 Å². The average molecular weight is 244 g/mol.